The lowest BCUT2D eigenvalue weighted by Gasteiger charge is -2.23. The van der Waals surface area contributed by atoms with Crippen LogP contribution in [0.3, 0.4) is 0 Å². The van der Waals surface area contributed by atoms with E-state index in [-0.39, 0.29) is 0 Å². The monoisotopic (exact) mass is 249 g/mol. The van der Waals surface area contributed by atoms with Crippen molar-refractivity contribution in [2.75, 3.05) is 6.54 Å². The maximum atomic E-state index is 4.61. The summed E-state index contributed by atoms with van der Waals surface area (Å²) >= 11 is 0. The van der Waals surface area contributed by atoms with E-state index in [1.165, 1.54) is 43.4 Å². The minimum absolute atomic E-state index is 0.651. The Labute approximate surface area is 111 Å². The first-order valence-corrected chi connectivity index (χ1v) is 7.42. The molecule has 3 heteroatoms. The lowest BCUT2D eigenvalue weighted by molar-refractivity contribution is 0.324. The van der Waals surface area contributed by atoms with Crippen LogP contribution in [-0.2, 0) is 6.54 Å². The lowest BCUT2D eigenvalue weighted by Crippen LogP contribution is -2.20. The second-order valence-electron chi connectivity index (χ2n) is 6.02. The smallest absolute Gasteiger partial charge is 0.0537 e. The van der Waals surface area contributed by atoms with Gasteiger partial charge >= 0.3 is 0 Å². The largest absolute Gasteiger partial charge is 0.312 e. The molecule has 0 unspecified atom stereocenters. The molecule has 1 aliphatic carbocycles. The number of hydrogen-bond donors (Lipinski definition) is 1. The molecule has 0 amide bonds. The van der Waals surface area contributed by atoms with Crippen LogP contribution >= 0.6 is 0 Å². The highest BCUT2D eigenvalue weighted by molar-refractivity contribution is 5.16. The zero-order valence-corrected chi connectivity index (χ0v) is 12.1. The normalized spacial score (nSPS) is 17.6. The van der Waals surface area contributed by atoms with Gasteiger partial charge < -0.3 is 5.32 Å². The molecule has 0 saturated heterocycles. The Bertz CT molecular complexity index is 362. The summed E-state index contributed by atoms with van der Waals surface area (Å²) in [6, 6.07) is 0.651. The fraction of sp³-hybridized carbons (Fsp3) is 0.800. The summed E-state index contributed by atoms with van der Waals surface area (Å²) in [7, 11) is 0. The topological polar surface area (TPSA) is 29.9 Å². The molecule has 1 fully saturated rings. The molecule has 1 aromatic rings. The van der Waals surface area contributed by atoms with E-state index < -0.39 is 0 Å². The third-order valence-corrected chi connectivity index (χ3v) is 3.93. The number of rotatable bonds is 5. The fourth-order valence-corrected chi connectivity index (χ4v) is 2.82. The molecule has 3 nitrogen and oxygen atoms in total. The van der Waals surface area contributed by atoms with E-state index in [1.54, 1.807) is 0 Å². The molecule has 0 spiro atoms. The molecule has 102 valence electrons. The molecule has 1 N–H and O–H groups in total. The predicted molar refractivity (Wildman–Crippen MR) is 75.6 cm³/mol. The highest BCUT2D eigenvalue weighted by atomic mass is 15.3. The second kappa shape index (κ2) is 6.37. The van der Waals surface area contributed by atoms with Gasteiger partial charge in [-0.1, -0.05) is 33.1 Å². The molecule has 2 rings (SSSR count). The summed E-state index contributed by atoms with van der Waals surface area (Å²) in [5.74, 6) is 0.707. The van der Waals surface area contributed by atoms with Gasteiger partial charge in [-0.15, -0.1) is 0 Å². The highest BCUT2D eigenvalue weighted by Gasteiger charge is 2.18. The van der Waals surface area contributed by atoms with Crippen molar-refractivity contribution in [3.63, 3.8) is 0 Å². The van der Waals surface area contributed by atoms with Crippen LogP contribution in [0.5, 0.6) is 0 Å². The third kappa shape index (κ3) is 3.35. The molecular weight excluding hydrogens is 222 g/mol. The summed E-state index contributed by atoms with van der Waals surface area (Å²) < 4.78 is 2.27. The third-order valence-electron chi connectivity index (χ3n) is 3.93. The van der Waals surface area contributed by atoms with Crippen molar-refractivity contribution in [1.29, 1.82) is 0 Å². The average Bonchev–Trinajstić information content (AvgIpc) is 2.72. The first kappa shape index (κ1) is 13.6. The SMILES string of the molecule is Cc1c(CNCC(C)C)cnn1C1CCCCC1. The van der Waals surface area contributed by atoms with Gasteiger partial charge in [0.05, 0.1) is 12.2 Å². The minimum atomic E-state index is 0.651. The molecule has 18 heavy (non-hydrogen) atoms. The number of nitrogens with zero attached hydrogens (tertiary/aromatic N) is 2. The molecular formula is C15H27N3. The van der Waals surface area contributed by atoms with Crippen LogP contribution in [0.2, 0.25) is 0 Å². The van der Waals surface area contributed by atoms with Gasteiger partial charge in [0, 0.05) is 17.8 Å². The van der Waals surface area contributed by atoms with Gasteiger partial charge in [-0.3, -0.25) is 4.68 Å². The van der Waals surface area contributed by atoms with Crippen LogP contribution in [0.25, 0.3) is 0 Å². The van der Waals surface area contributed by atoms with Gasteiger partial charge in [0.15, 0.2) is 0 Å². The van der Waals surface area contributed by atoms with Gasteiger partial charge in [-0.25, -0.2) is 0 Å². The van der Waals surface area contributed by atoms with Gasteiger partial charge in [0.1, 0.15) is 0 Å². The van der Waals surface area contributed by atoms with Crippen LogP contribution in [0.4, 0.5) is 0 Å². The molecule has 1 aliphatic rings. The van der Waals surface area contributed by atoms with Crippen LogP contribution in [0, 0.1) is 12.8 Å². The minimum Gasteiger partial charge on any atom is -0.312 e. The van der Waals surface area contributed by atoms with Gasteiger partial charge in [-0.05, 0) is 32.2 Å². The summed E-state index contributed by atoms with van der Waals surface area (Å²) in [5, 5.41) is 8.12. The lowest BCUT2D eigenvalue weighted by atomic mass is 9.95. The zero-order chi connectivity index (χ0) is 13.0. The number of nitrogens with one attached hydrogen (secondary N) is 1. The first-order valence-electron chi connectivity index (χ1n) is 7.42. The van der Waals surface area contributed by atoms with Crippen LogP contribution in [-0.4, -0.2) is 16.3 Å². The summed E-state index contributed by atoms with van der Waals surface area (Å²) in [6.07, 6.45) is 8.80. The maximum Gasteiger partial charge on any atom is 0.0537 e. The van der Waals surface area contributed by atoms with E-state index in [1.807, 2.05) is 0 Å². The van der Waals surface area contributed by atoms with Crippen molar-refractivity contribution < 1.29 is 0 Å². The van der Waals surface area contributed by atoms with E-state index in [2.05, 4.69) is 42.1 Å². The molecule has 0 radical (unpaired) electrons. The van der Waals surface area contributed by atoms with Crippen molar-refractivity contribution in [1.82, 2.24) is 15.1 Å². The number of aromatic nitrogens is 2. The summed E-state index contributed by atoms with van der Waals surface area (Å²) in [6.45, 7) is 8.73. The molecule has 0 bridgehead atoms. The maximum absolute atomic E-state index is 4.61. The first-order chi connectivity index (χ1) is 8.68. The van der Waals surface area contributed by atoms with Crippen molar-refractivity contribution >= 4 is 0 Å². The van der Waals surface area contributed by atoms with Crippen molar-refractivity contribution in [3.05, 3.63) is 17.5 Å². The van der Waals surface area contributed by atoms with E-state index in [0.29, 0.717) is 12.0 Å². The van der Waals surface area contributed by atoms with Gasteiger partial charge in [0.25, 0.3) is 0 Å². The van der Waals surface area contributed by atoms with Crippen molar-refractivity contribution in [3.8, 4) is 0 Å². The van der Waals surface area contributed by atoms with Crippen LogP contribution < -0.4 is 5.32 Å². The van der Waals surface area contributed by atoms with E-state index in [0.717, 1.165) is 13.1 Å². The van der Waals surface area contributed by atoms with Crippen molar-refractivity contribution in [2.45, 2.75) is 65.5 Å². The van der Waals surface area contributed by atoms with Crippen LogP contribution in [0.15, 0.2) is 6.20 Å². The predicted octanol–water partition coefficient (Wildman–Crippen LogP) is 3.44. The van der Waals surface area contributed by atoms with Gasteiger partial charge in [-0.2, -0.15) is 5.10 Å². The molecule has 0 aliphatic heterocycles. The second-order valence-corrected chi connectivity index (χ2v) is 6.02. The van der Waals surface area contributed by atoms with Gasteiger partial charge in [0.2, 0.25) is 0 Å². The zero-order valence-electron chi connectivity index (χ0n) is 12.1. The van der Waals surface area contributed by atoms with E-state index in [4.69, 9.17) is 0 Å². The fourth-order valence-electron chi connectivity index (χ4n) is 2.82. The van der Waals surface area contributed by atoms with Crippen molar-refractivity contribution in [2.24, 2.45) is 5.92 Å². The molecule has 0 atom stereocenters. The molecule has 0 aromatic carbocycles. The summed E-state index contributed by atoms with van der Waals surface area (Å²) in [5.41, 5.74) is 2.72. The Morgan fingerprint density at radius 2 is 2.06 bits per heavy atom. The Morgan fingerprint density at radius 1 is 1.33 bits per heavy atom. The number of hydrogen-bond acceptors (Lipinski definition) is 2. The highest BCUT2D eigenvalue weighted by Crippen LogP contribution is 2.29. The Hall–Kier alpha value is -0.830. The van der Waals surface area contributed by atoms with Crippen LogP contribution in [0.1, 0.15) is 63.3 Å². The van der Waals surface area contributed by atoms with E-state index >= 15 is 0 Å². The molecule has 1 heterocycles. The van der Waals surface area contributed by atoms with E-state index in [9.17, 15) is 0 Å². The quantitative estimate of drug-likeness (QED) is 0.866. The average molecular weight is 249 g/mol. The molecule has 1 aromatic heterocycles. The summed E-state index contributed by atoms with van der Waals surface area (Å²) in [4.78, 5) is 0. The Morgan fingerprint density at radius 3 is 2.72 bits per heavy atom. The Kier molecular flexibility index (Phi) is 4.81. The Balaban J connectivity index is 1.94. The molecule has 1 saturated carbocycles. The standard InChI is InChI=1S/C15H27N3/c1-12(2)9-16-10-14-11-17-18(13(14)3)15-7-5-4-6-8-15/h11-12,15-16H,4-10H2,1-3H3.